The van der Waals surface area contributed by atoms with Gasteiger partial charge < -0.3 is 0 Å². The van der Waals surface area contributed by atoms with Crippen LogP contribution in [0.25, 0.3) is 0 Å². The van der Waals surface area contributed by atoms with Gasteiger partial charge in [-0.15, -0.1) is 0 Å². The number of carbonyl (C=O) groups is 1. The van der Waals surface area contributed by atoms with E-state index < -0.39 is 0 Å². The Balaban J connectivity index is 1.96. The molecule has 0 radical (unpaired) electrons. The number of hydrogen-bond acceptors (Lipinski definition) is 2. The highest BCUT2D eigenvalue weighted by Crippen LogP contribution is 2.45. The van der Waals surface area contributed by atoms with Gasteiger partial charge in [-0.25, -0.2) is 5.01 Å². The molecule has 1 aliphatic carbocycles. The Morgan fingerprint density at radius 1 is 1.21 bits per heavy atom. The summed E-state index contributed by atoms with van der Waals surface area (Å²) < 4.78 is 0. The van der Waals surface area contributed by atoms with Gasteiger partial charge in [0.25, 0.3) is 0 Å². The summed E-state index contributed by atoms with van der Waals surface area (Å²) in [5, 5.41) is 6.69. The Kier molecular flexibility index (Phi) is 3.09. The minimum Gasteiger partial charge on any atom is -0.272 e. The first-order valence-corrected chi connectivity index (χ1v) is 7.10. The molecule has 1 amide bonds. The second kappa shape index (κ2) is 4.64. The van der Waals surface area contributed by atoms with Gasteiger partial charge in [-0.1, -0.05) is 36.6 Å². The van der Waals surface area contributed by atoms with Gasteiger partial charge in [-0.05, 0) is 30.5 Å². The highest BCUT2D eigenvalue weighted by Gasteiger charge is 2.46. The summed E-state index contributed by atoms with van der Waals surface area (Å²) in [6, 6.07) is 7.70. The molecule has 1 heterocycles. The van der Waals surface area contributed by atoms with Gasteiger partial charge in [0.15, 0.2) is 0 Å². The van der Waals surface area contributed by atoms with Crippen LogP contribution < -0.4 is 0 Å². The zero-order valence-corrected chi connectivity index (χ0v) is 11.8. The van der Waals surface area contributed by atoms with Crippen molar-refractivity contribution in [2.75, 3.05) is 7.05 Å². The minimum absolute atomic E-state index is 0.183. The number of amides is 1. The molecular weight excluding hydrogens is 260 g/mol. The molecule has 1 aromatic rings. The second-order valence-electron chi connectivity index (χ2n) is 5.55. The summed E-state index contributed by atoms with van der Waals surface area (Å²) in [5.41, 5.74) is 1.86. The van der Waals surface area contributed by atoms with E-state index in [-0.39, 0.29) is 11.3 Å². The zero-order valence-electron chi connectivity index (χ0n) is 11.0. The number of hydrazone groups is 1. The van der Waals surface area contributed by atoms with E-state index in [0.717, 1.165) is 48.4 Å². The van der Waals surface area contributed by atoms with Gasteiger partial charge in [0.05, 0.1) is 11.1 Å². The Morgan fingerprint density at radius 2 is 1.84 bits per heavy atom. The molecular formula is C15H17ClN2O. The van der Waals surface area contributed by atoms with Crippen molar-refractivity contribution in [2.45, 2.75) is 32.1 Å². The quantitative estimate of drug-likeness (QED) is 0.773. The van der Waals surface area contributed by atoms with Crippen LogP contribution in [-0.4, -0.2) is 23.7 Å². The molecule has 0 atom stereocenters. The summed E-state index contributed by atoms with van der Waals surface area (Å²) in [7, 11) is 1.76. The lowest BCUT2D eigenvalue weighted by Crippen LogP contribution is -2.44. The van der Waals surface area contributed by atoms with Crippen molar-refractivity contribution in [3.63, 3.8) is 0 Å². The van der Waals surface area contributed by atoms with Gasteiger partial charge >= 0.3 is 0 Å². The van der Waals surface area contributed by atoms with Crippen LogP contribution in [0.4, 0.5) is 0 Å². The highest BCUT2D eigenvalue weighted by atomic mass is 35.5. The predicted molar refractivity (Wildman–Crippen MR) is 76.3 cm³/mol. The van der Waals surface area contributed by atoms with Crippen molar-refractivity contribution in [3.8, 4) is 0 Å². The van der Waals surface area contributed by atoms with Crippen molar-refractivity contribution in [3.05, 3.63) is 34.9 Å². The number of carbonyl (C=O) groups excluding carboxylic acids is 1. The molecule has 0 unspecified atom stereocenters. The van der Waals surface area contributed by atoms with E-state index in [4.69, 9.17) is 11.6 Å². The van der Waals surface area contributed by atoms with Crippen molar-refractivity contribution in [2.24, 2.45) is 10.5 Å². The van der Waals surface area contributed by atoms with E-state index in [2.05, 4.69) is 5.10 Å². The summed E-state index contributed by atoms with van der Waals surface area (Å²) >= 11 is 5.92. The Labute approximate surface area is 118 Å². The average Bonchev–Trinajstić information content (AvgIpc) is 2.86. The lowest BCUT2D eigenvalue weighted by Gasteiger charge is -2.35. The van der Waals surface area contributed by atoms with Crippen molar-refractivity contribution < 1.29 is 4.79 Å². The fourth-order valence-electron chi connectivity index (χ4n) is 3.25. The van der Waals surface area contributed by atoms with Crippen LogP contribution in [0.1, 0.15) is 37.7 Å². The number of halogens is 1. The molecule has 1 aromatic carbocycles. The average molecular weight is 277 g/mol. The summed E-state index contributed by atoms with van der Waals surface area (Å²) in [5.74, 6) is 0.183. The fourth-order valence-corrected chi connectivity index (χ4v) is 3.37. The second-order valence-corrected chi connectivity index (χ2v) is 5.98. The summed E-state index contributed by atoms with van der Waals surface area (Å²) in [4.78, 5) is 12.4. The lowest BCUT2D eigenvalue weighted by molar-refractivity contribution is -0.141. The number of nitrogens with zero attached hydrogens (tertiary/aromatic N) is 2. The summed E-state index contributed by atoms with van der Waals surface area (Å²) in [6.45, 7) is 0. The maximum absolute atomic E-state index is 12.4. The Bertz CT molecular complexity index is 530. The van der Waals surface area contributed by atoms with Gasteiger partial charge in [-0.3, -0.25) is 4.79 Å². The van der Waals surface area contributed by atoms with Gasteiger partial charge in [0.1, 0.15) is 0 Å². The van der Waals surface area contributed by atoms with Crippen molar-refractivity contribution in [1.29, 1.82) is 0 Å². The van der Waals surface area contributed by atoms with Crippen LogP contribution in [0, 0.1) is 5.41 Å². The van der Waals surface area contributed by atoms with Crippen LogP contribution in [0.2, 0.25) is 5.02 Å². The molecule has 0 saturated heterocycles. The molecule has 1 aliphatic heterocycles. The van der Waals surface area contributed by atoms with Crippen LogP contribution >= 0.6 is 11.6 Å². The molecule has 1 fully saturated rings. The molecule has 1 saturated carbocycles. The van der Waals surface area contributed by atoms with Gasteiger partial charge in [0.2, 0.25) is 5.91 Å². The molecule has 19 heavy (non-hydrogen) atoms. The molecule has 1 spiro atoms. The lowest BCUT2D eigenvalue weighted by atomic mass is 9.77. The maximum Gasteiger partial charge on any atom is 0.249 e. The fraction of sp³-hybridized carbons (Fsp3) is 0.467. The number of rotatable bonds is 1. The van der Waals surface area contributed by atoms with E-state index in [0.29, 0.717) is 0 Å². The van der Waals surface area contributed by atoms with Crippen LogP contribution in [0.3, 0.4) is 0 Å². The first kappa shape index (κ1) is 12.7. The van der Waals surface area contributed by atoms with Crippen molar-refractivity contribution in [1.82, 2.24) is 5.01 Å². The molecule has 100 valence electrons. The molecule has 0 aromatic heterocycles. The molecule has 0 bridgehead atoms. The predicted octanol–water partition coefficient (Wildman–Crippen LogP) is 3.47. The van der Waals surface area contributed by atoms with Crippen molar-refractivity contribution >= 4 is 23.2 Å². The molecule has 3 rings (SSSR count). The Morgan fingerprint density at radius 3 is 2.47 bits per heavy atom. The largest absolute Gasteiger partial charge is 0.272 e. The molecule has 0 N–H and O–H groups in total. The van der Waals surface area contributed by atoms with Crippen LogP contribution in [0.5, 0.6) is 0 Å². The number of hydrogen-bond donors (Lipinski definition) is 0. The number of benzene rings is 1. The van der Waals surface area contributed by atoms with Crippen LogP contribution in [0.15, 0.2) is 29.4 Å². The third-order valence-corrected chi connectivity index (χ3v) is 4.51. The van der Waals surface area contributed by atoms with E-state index in [1.54, 1.807) is 7.05 Å². The molecule has 2 aliphatic rings. The van der Waals surface area contributed by atoms with Gasteiger partial charge in [0, 0.05) is 18.5 Å². The monoisotopic (exact) mass is 276 g/mol. The highest BCUT2D eigenvalue weighted by molar-refractivity contribution is 6.30. The topological polar surface area (TPSA) is 32.7 Å². The van der Waals surface area contributed by atoms with E-state index in [9.17, 15) is 4.79 Å². The third kappa shape index (κ3) is 2.16. The SMILES string of the molecule is CN1N=C(c2ccc(Cl)cc2)CC2(CCCC2)C1=O. The smallest absolute Gasteiger partial charge is 0.249 e. The normalized spacial score (nSPS) is 21.9. The summed E-state index contributed by atoms with van der Waals surface area (Å²) in [6.07, 6.45) is 5.03. The molecule has 4 heteroatoms. The zero-order chi connectivity index (χ0) is 13.5. The van der Waals surface area contributed by atoms with E-state index in [1.807, 2.05) is 24.3 Å². The standard InChI is InChI=1S/C15H17ClN2O/c1-18-14(19)15(8-2-3-9-15)10-13(17-18)11-4-6-12(16)7-5-11/h4-7H,2-3,8-10H2,1H3. The Hall–Kier alpha value is -1.35. The minimum atomic E-state index is -0.203. The first-order valence-electron chi connectivity index (χ1n) is 6.72. The first-order chi connectivity index (χ1) is 9.11. The van der Waals surface area contributed by atoms with Crippen LogP contribution in [-0.2, 0) is 4.79 Å². The van der Waals surface area contributed by atoms with E-state index in [1.165, 1.54) is 5.01 Å². The van der Waals surface area contributed by atoms with Gasteiger partial charge in [-0.2, -0.15) is 5.10 Å². The maximum atomic E-state index is 12.4. The third-order valence-electron chi connectivity index (χ3n) is 4.26. The van der Waals surface area contributed by atoms with E-state index >= 15 is 0 Å². The molecule has 3 nitrogen and oxygen atoms in total.